The van der Waals surface area contributed by atoms with Crippen LogP contribution in [-0.2, 0) is 22.5 Å². The molecule has 0 spiro atoms. The van der Waals surface area contributed by atoms with Crippen molar-refractivity contribution >= 4 is 5.97 Å². The van der Waals surface area contributed by atoms with Gasteiger partial charge < -0.3 is 9.47 Å². The molecule has 19 heavy (non-hydrogen) atoms. The van der Waals surface area contributed by atoms with Crippen LogP contribution >= 0.6 is 0 Å². The molecule has 0 aliphatic heterocycles. The van der Waals surface area contributed by atoms with Gasteiger partial charge in [0.25, 0.3) is 0 Å². The van der Waals surface area contributed by atoms with Crippen molar-refractivity contribution in [2.75, 3.05) is 27.3 Å². The zero-order chi connectivity index (χ0) is 14.3. The van der Waals surface area contributed by atoms with Crippen LogP contribution in [0.4, 0.5) is 0 Å². The third-order valence-corrected chi connectivity index (χ3v) is 2.90. The fourth-order valence-electron chi connectivity index (χ4n) is 1.95. The summed E-state index contributed by atoms with van der Waals surface area (Å²) in [5, 5.41) is 0. The van der Waals surface area contributed by atoms with Crippen LogP contribution < -0.4 is 4.74 Å². The molecule has 0 aliphatic carbocycles. The summed E-state index contributed by atoms with van der Waals surface area (Å²) in [6, 6.07) is 6.17. The molecular weight excluding hydrogens is 242 g/mol. The zero-order valence-corrected chi connectivity index (χ0v) is 12.2. The molecule has 0 amide bonds. The van der Waals surface area contributed by atoms with E-state index in [-0.39, 0.29) is 12.5 Å². The molecule has 0 heterocycles. The Hall–Kier alpha value is -1.55. The molecule has 4 heteroatoms. The summed E-state index contributed by atoms with van der Waals surface area (Å²) in [6.07, 6.45) is 0.985. The number of rotatable bonds is 7. The highest BCUT2D eigenvalue weighted by atomic mass is 16.5. The maximum atomic E-state index is 11.4. The van der Waals surface area contributed by atoms with Crippen molar-refractivity contribution in [1.29, 1.82) is 0 Å². The number of carbonyl (C=O) groups excluding carboxylic acids is 1. The maximum absolute atomic E-state index is 11.4. The predicted molar refractivity (Wildman–Crippen MR) is 75.3 cm³/mol. The predicted octanol–water partition coefficient (Wildman–Crippen LogP) is 2.25. The fraction of sp³-hybridized carbons (Fsp3) is 0.533. The SMILES string of the molecule is CCOC(=O)CN(C)Cc1cc(CC)ccc1OC. The lowest BCUT2D eigenvalue weighted by molar-refractivity contribution is -0.144. The Morgan fingerprint density at radius 1 is 1.32 bits per heavy atom. The first-order chi connectivity index (χ1) is 9.10. The third-order valence-electron chi connectivity index (χ3n) is 2.90. The van der Waals surface area contributed by atoms with Gasteiger partial charge in [0.15, 0.2) is 0 Å². The van der Waals surface area contributed by atoms with Crippen molar-refractivity contribution in [2.45, 2.75) is 26.8 Å². The molecule has 4 nitrogen and oxygen atoms in total. The molecule has 1 aromatic carbocycles. The van der Waals surface area contributed by atoms with Crippen molar-refractivity contribution in [3.05, 3.63) is 29.3 Å². The smallest absolute Gasteiger partial charge is 0.320 e. The molecule has 0 bridgehead atoms. The number of aryl methyl sites for hydroxylation is 1. The highest BCUT2D eigenvalue weighted by molar-refractivity contribution is 5.71. The average Bonchev–Trinajstić information content (AvgIpc) is 2.38. The Morgan fingerprint density at radius 2 is 2.05 bits per heavy atom. The van der Waals surface area contributed by atoms with Crippen LogP contribution in [0, 0.1) is 0 Å². The average molecular weight is 265 g/mol. The number of ether oxygens (including phenoxy) is 2. The van der Waals surface area contributed by atoms with E-state index < -0.39 is 0 Å². The maximum Gasteiger partial charge on any atom is 0.320 e. The highest BCUT2D eigenvalue weighted by Crippen LogP contribution is 2.21. The number of methoxy groups -OCH3 is 1. The van der Waals surface area contributed by atoms with Crippen molar-refractivity contribution in [1.82, 2.24) is 4.90 Å². The number of esters is 1. The van der Waals surface area contributed by atoms with Crippen molar-refractivity contribution < 1.29 is 14.3 Å². The Balaban J connectivity index is 2.71. The molecule has 0 aromatic heterocycles. The monoisotopic (exact) mass is 265 g/mol. The van der Waals surface area contributed by atoms with Crippen LogP contribution in [0.3, 0.4) is 0 Å². The van der Waals surface area contributed by atoms with E-state index in [1.165, 1.54) is 5.56 Å². The van der Waals surface area contributed by atoms with E-state index in [2.05, 4.69) is 19.1 Å². The molecule has 0 radical (unpaired) electrons. The number of likely N-dealkylation sites (N-methyl/N-ethyl adjacent to an activating group) is 1. The lowest BCUT2D eigenvalue weighted by Crippen LogP contribution is -2.27. The van der Waals surface area contributed by atoms with Crippen LogP contribution in [0.1, 0.15) is 25.0 Å². The molecule has 0 unspecified atom stereocenters. The second kappa shape index (κ2) is 7.79. The summed E-state index contributed by atoms with van der Waals surface area (Å²) in [7, 11) is 3.56. The summed E-state index contributed by atoms with van der Waals surface area (Å²) in [6.45, 7) is 5.30. The minimum absolute atomic E-state index is 0.199. The molecule has 0 aliphatic rings. The van der Waals surface area contributed by atoms with Crippen LogP contribution in [0.2, 0.25) is 0 Å². The summed E-state index contributed by atoms with van der Waals surface area (Å²) >= 11 is 0. The first-order valence-corrected chi connectivity index (χ1v) is 6.60. The number of hydrogen-bond donors (Lipinski definition) is 0. The quantitative estimate of drug-likeness (QED) is 0.709. The van der Waals surface area contributed by atoms with E-state index in [9.17, 15) is 4.79 Å². The summed E-state index contributed by atoms with van der Waals surface area (Å²) in [4.78, 5) is 13.4. The topological polar surface area (TPSA) is 38.8 Å². The van der Waals surface area contributed by atoms with Gasteiger partial charge in [-0.3, -0.25) is 9.69 Å². The molecule has 106 valence electrons. The van der Waals surface area contributed by atoms with Gasteiger partial charge in [-0.2, -0.15) is 0 Å². The Morgan fingerprint density at radius 3 is 2.63 bits per heavy atom. The summed E-state index contributed by atoms with van der Waals surface area (Å²) in [5.41, 5.74) is 2.36. The van der Waals surface area contributed by atoms with Crippen LogP contribution in [0.5, 0.6) is 5.75 Å². The standard InChI is InChI=1S/C15H23NO3/c1-5-12-7-8-14(18-4)13(9-12)10-16(3)11-15(17)19-6-2/h7-9H,5-6,10-11H2,1-4H3. The van der Waals surface area contributed by atoms with Gasteiger partial charge >= 0.3 is 5.97 Å². The minimum atomic E-state index is -0.199. The Bertz CT molecular complexity index is 418. The van der Waals surface area contributed by atoms with E-state index in [4.69, 9.17) is 9.47 Å². The van der Waals surface area contributed by atoms with Crippen LogP contribution in [-0.4, -0.2) is 38.2 Å². The Labute approximate surface area is 115 Å². The van der Waals surface area contributed by atoms with Gasteiger partial charge in [-0.05, 0) is 32.0 Å². The first-order valence-electron chi connectivity index (χ1n) is 6.60. The fourth-order valence-corrected chi connectivity index (χ4v) is 1.95. The Kier molecular flexibility index (Phi) is 6.36. The number of nitrogens with zero attached hydrogens (tertiary/aromatic N) is 1. The van der Waals surface area contributed by atoms with Crippen molar-refractivity contribution in [2.24, 2.45) is 0 Å². The van der Waals surface area contributed by atoms with E-state index in [0.29, 0.717) is 13.2 Å². The number of carbonyl (C=O) groups is 1. The molecular formula is C15H23NO3. The molecule has 0 saturated heterocycles. The second-order valence-corrected chi connectivity index (χ2v) is 4.48. The van der Waals surface area contributed by atoms with Crippen molar-refractivity contribution in [3.8, 4) is 5.75 Å². The first kappa shape index (κ1) is 15.5. The normalized spacial score (nSPS) is 10.6. The molecule has 0 fully saturated rings. The van der Waals surface area contributed by atoms with Crippen LogP contribution in [0.15, 0.2) is 18.2 Å². The second-order valence-electron chi connectivity index (χ2n) is 4.48. The van der Waals surface area contributed by atoms with Crippen LogP contribution in [0.25, 0.3) is 0 Å². The van der Waals surface area contributed by atoms with Gasteiger partial charge in [0.05, 0.1) is 20.3 Å². The van der Waals surface area contributed by atoms with Crippen molar-refractivity contribution in [3.63, 3.8) is 0 Å². The molecule has 0 N–H and O–H groups in total. The number of benzene rings is 1. The molecule has 0 atom stereocenters. The van der Waals surface area contributed by atoms with E-state index in [0.717, 1.165) is 17.7 Å². The summed E-state index contributed by atoms with van der Waals surface area (Å²) in [5.74, 6) is 0.656. The third kappa shape index (κ3) is 4.91. The lowest BCUT2D eigenvalue weighted by Gasteiger charge is -2.18. The highest BCUT2D eigenvalue weighted by Gasteiger charge is 2.11. The largest absolute Gasteiger partial charge is 0.496 e. The molecule has 1 rings (SSSR count). The van der Waals surface area contributed by atoms with E-state index in [1.807, 2.05) is 24.9 Å². The zero-order valence-electron chi connectivity index (χ0n) is 12.2. The van der Waals surface area contributed by atoms with Gasteiger partial charge in [-0.15, -0.1) is 0 Å². The lowest BCUT2D eigenvalue weighted by atomic mass is 10.1. The number of hydrogen-bond acceptors (Lipinski definition) is 4. The van der Waals surface area contributed by atoms with E-state index in [1.54, 1.807) is 7.11 Å². The molecule has 1 aromatic rings. The van der Waals surface area contributed by atoms with Gasteiger partial charge in [0, 0.05) is 12.1 Å². The van der Waals surface area contributed by atoms with Gasteiger partial charge in [0.1, 0.15) is 5.75 Å². The molecule has 0 saturated carbocycles. The van der Waals surface area contributed by atoms with Gasteiger partial charge in [-0.1, -0.05) is 19.1 Å². The van der Waals surface area contributed by atoms with E-state index >= 15 is 0 Å². The minimum Gasteiger partial charge on any atom is -0.496 e. The van der Waals surface area contributed by atoms with Gasteiger partial charge in [0.2, 0.25) is 0 Å². The summed E-state index contributed by atoms with van der Waals surface area (Å²) < 4.78 is 10.3. The van der Waals surface area contributed by atoms with Gasteiger partial charge in [-0.25, -0.2) is 0 Å².